The molecule has 14 heavy (non-hydrogen) atoms. The van der Waals surface area contributed by atoms with Crippen molar-refractivity contribution in [1.82, 2.24) is 5.32 Å². The van der Waals surface area contributed by atoms with Crippen molar-refractivity contribution in [1.29, 1.82) is 0 Å². The van der Waals surface area contributed by atoms with E-state index in [-0.39, 0.29) is 11.5 Å². The zero-order chi connectivity index (χ0) is 10.8. The smallest absolute Gasteiger partial charge is 0.292 e. The molecule has 0 radical (unpaired) electrons. The summed E-state index contributed by atoms with van der Waals surface area (Å²) in [6.45, 7) is -0.809. The molecule has 0 spiro atoms. The number of nitro groups is 1. The van der Waals surface area contributed by atoms with E-state index < -0.39 is 33.3 Å². The SMILES string of the molecule is O=C(C[N+](=O)[O-])NC1CCS(=O)(=O)C1. The molecule has 0 aromatic rings. The van der Waals surface area contributed by atoms with Gasteiger partial charge >= 0.3 is 0 Å². The first kappa shape index (κ1) is 10.9. The van der Waals surface area contributed by atoms with E-state index in [1.807, 2.05) is 0 Å². The van der Waals surface area contributed by atoms with E-state index in [2.05, 4.69) is 5.32 Å². The van der Waals surface area contributed by atoms with Crippen LogP contribution in [0.3, 0.4) is 0 Å². The van der Waals surface area contributed by atoms with Gasteiger partial charge in [-0.15, -0.1) is 0 Å². The lowest BCUT2D eigenvalue weighted by atomic mass is 10.2. The van der Waals surface area contributed by atoms with E-state index in [4.69, 9.17) is 0 Å². The third-order valence-electron chi connectivity index (χ3n) is 1.87. The first-order valence-corrected chi connectivity index (χ1v) is 5.83. The molecule has 1 atom stereocenters. The van der Waals surface area contributed by atoms with Crippen molar-refractivity contribution in [2.45, 2.75) is 12.5 Å². The molecule has 0 aromatic heterocycles. The molecule has 1 heterocycles. The van der Waals surface area contributed by atoms with Crippen LogP contribution in [0.15, 0.2) is 0 Å². The van der Waals surface area contributed by atoms with Crippen LogP contribution in [0.1, 0.15) is 6.42 Å². The Morgan fingerprint density at radius 2 is 2.21 bits per heavy atom. The molecule has 8 heteroatoms. The van der Waals surface area contributed by atoms with Crippen molar-refractivity contribution in [3.63, 3.8) is 0 Å². The Bertz CT molecular complexity index is 349. The van der Waals surface area contributed by atoms with E-state index in [0.717, 1.165) is 0 Å². The fourth-order valence-electron chi connectivity index (χ4n) is 1.30. The van der Waals surface area contributed by atoms with Gasteiger partial charge < -0.3 is 5.32 Å². The average molecular weight is 222 g/mol. The van der Waals surface area contributed by atoms with Gasteiger partial charge in [-0.2, -0.15) is 0 Å². The minimum atomic E-state index is -3.05. The second-order valence-electron chi connectivity index (χ2n) is 3.16. The Labute approximate surface area is 80.5 Å². The third kappa shape index (κ3) is 3.29. The molecule has 0 bridgehead atoms. The second-order valence-corrected chi connectivity index (χ2v) is 5.39. The van der Waals surface area contributed by atoms with Gasteiger partial charge in [0.25, 0.3) is 12.5 Å². The van der Waals surface area contributed by atoms with Crippen LogP contribution in [0.2, 0.25) is 0 Å². The van der Waals surface area contributed by atoms with Crippen molar-refractivity contribution in [2.24, 2.45) is 0 Å². The van der Waals surface area contributed by atoms with Gasteiger partial charge in [0.15, 0.2) is 9.84 Å². The average Bonchev–Trinajstić information content (AvgIpc) is 2.27. The van der Waals surface area contributed by atoms with Crippen LogP contribution in [0.4, 0.5) is 0 Å². The number of hydrogen-bond acceptors (Lipinski definition) is 5. The number of rotatable bonds is 3. The molecular formula is C6H10N2O5S. The van der Waals surface area contributed by atoms with Crippen LogP contribution in [-0.2, 0) is 14.6 Å². The zero-order valence-electron chi connectivity index (χ0n) is 7.30. The van der Waals surface area contributed by atoms with Gasteiger partial charge in [0, 0.05) is 11.0 Å². The maximum atomic E-state index is 11.0. The molecule has 1 saturated heterocycles. The highest BCUT2D eigenvalue weighted by Crippen LogP contribution is 2.10. The summed E-state index contributed by atoms with van der Waals surface area (Å²) >= 11 is 0. The predicted octanol–water partition coefficient (Wildman–Crippen LogP) is -1.43. The Morgan fingerprint density at radius 1 is 1.57 bits per heavy atom. The maximum absolute atomic E-state index is 11.0. The van der Waals surface area contributed by atoms with E-state index in [1.165, 1.54) is 0 Å². The van der Waals surface area contributed by atoms with Crippen molar-refractivity contribution in [3.8, 4) is 0 Å². The summed E-state index contributed by atoms with van der Waals surface area (Å²) in [5, 5.41) is 12.2. The predicted molar refractivity (Wildman–Crippen MR) is 47.1 cm³/mol. The molecule has 1 rings (SSSR count). The molecule has 0 saturated carbocycles. The molecule has 1 aliphatic heterocycles. The van der Waals surface area contributed by atoms with Gasteiger partial charge in [0.1, 0.15) is 0 Å². The molecule has 0 aromatic carbocycles. The lowest BCUT2D eigenvalue weighted by Gasteiger charge is -2.07. The number of carbonyl (C=O) groups excluding carboxylic acids is 1. The summed E-state index contributed by atoms with van der Waals surface area (Å²) in [5.74, 6) is -0.815. The molecule has 1 amide bonds. The molecule has 1 aliphatic rings. The highest BCUT2D eigenvalue weighted by Gasteiger charge is 2.29. The van der Waals surface area contributed by atoms with Crippen LogP contribution in [-0.4, -0.2) is 43.3 Å². The number of nitrogens with one attached hydrogen (secondary N) is 1. The molecule has 7 nitrogen and oxygen atoms in total. The molecule has 1 unspecified atom stereocenters. The van der Waals surface area contributed by atoms with Crippen LogP contribution in [0, 0.1) is 10.1 Å². The number of carbonyl (C=O) groups is 1. The number of nitrogens with zero attached hydrogens (tertiary/aromatic N) is 1. The molecule has 1 N–H and O–H groups in total. The normalized spacial score (nSPS) is 24.4. The van der Waals surface area contributed by atoms with Crippen LogP contribution in [0.5, 0.6) is 0 Å². The van der Waals surface area contributed by atoms with Gasteiger partial charge in [-0.05, 0) is 6.42 Å². The summed E-state index contributed by atoms with van der Waals surface area (Å²) in [6, 6.07) is -0.465. The minimum Gasteiger partial charge on any atom is -0.347 e. The van der Waals surface area contributed by atoms with E-state index in [1.54, 1.807) is 0 Å². The lowest BCUT2D eigenvalue weighted by Crippen LogP contribution is -2.39. The molecular weight excluding hydrogens is 212 g/mol. The molecule has 1 fully saturated rings. The van der Waals surface area contributed by atoms with Crippen LogP contribution < -0.4 is 5.32 Å². The topological polar surface area (TPSA) is 106 Å². The van der Waals surface area contributed by atoms with Crippen LogP contribution in [0.25, 0.3) is 0 Å². The van der Waals surface area contributed by atoms with Crippen molar-refractivity contribution >= 4 is 15.7 Å². The van der Waals surface area contributed by atoms with Gasteiger partial charge in [-0.3, -0.25) is 14.9 Å². The monoisotopic (exact) mass is 222 g/mol. The summed E-state index contributed by atoms with van der Waals surface area (Å²) in [6.07, 6.45) is 0.339. The van der Waals surface area contributed by atoms with E-state index >= 15 is 0 Å². The summed E-state index contributed by atoms with van der Waals surface area (Å²) < 4.78 is 21.9. The molecule has 80 valence electrons. The Hall–Kier alpha value is -1.18. The van der Waals surface area contributed by atoms with Crippen molar-refractivity contribution in [3.05, 3.63) is 10.1 Å². The third-order valence-corrected chi connectivity index (χ3v) is 3.64. The van der Waals surface area contributed by atoms with Gasteiger partial charge in [-0.25, -0.2) is 8.42 Å². The van der Waals surface area contributed by atoms with E-state index in [9.17, 15) is 23.3 Å². The summed E-state index contributed by atoms with van der Waals surface area (Å²) in [4.78, 5) is 20.1. The van der Waals surface area contributed by atoms with Gasteiger partial charge in [0.2, 0.25) is 0 Å². The fraction of sp³-hybridized carbons (Fsp3) is 0.833. The first-order chi connectivity index (χ1) is 6.39. The zero-order valence-corrected chi connectivity index (χ0v) is 8.12. The molecule has 0 aliphatic carbocycles. The quantitative estimate of drug-likeness (QED) is 0.465. The summed E-state index contributed by atoms with van der Waals surface area (Å²) in [5.41, 5.74) is 0. The Morgan fingerprint density at radius 3 is 2.64 bits per heavy atom. The highest BCUT2D eigenvalue weighted by molar-refractivity contribution is 7.91. The number of amides is 1. The summed E-state index contributed by atoms with van der Waals surface area (Å²) in [7, 11) is -3.05. The number of sulfone groups is 1. The fourth-order valence-corrected chi connectivity index (χ4v) is 2.97. The first-order valence-electron chi connectivity index (χ1n) is 4.00. The second kappa shape index (κ2) is 3.91. The Balaban J connectivity index is 2.40. The van der Waals surface area contributed by atoms with Crippen molar-refractivity contribution < 1.29 is 18.1 Å². The lowest BCUT2D eigenvalue weighted by molar-refractivity contribution is -0.467. The van der Waals surface area contributed by atoms with E-state index in [0.29, 0.717) is 6.42 Å². The van der Waals surface area contributed by atoms with Gasteiger partial charge in [-0.1, -0.05) is 0 Å². The largest absolute Gasteiger partial charge is 0.347 e. The number of hydrogen-bond donors (Lipinski definition) is 1. The minimum absolute atomic E-state index is 0.0381. The van der Waals surface area contributed by atoms with Crippen molar-refractivity contribution in [2.75, 3.05) is 18.1 Å². The van der Waals surface area contributed by atoms with Gasteiger partial charge in [0.05, 0.1) is 11.5 Å². The highest BCUT2D eigenvalue weighted by atomic mass is 32.2. The van der Waals surface area contributed by atoms with Crippen LogP contribution >= 0.6 is 0 Å². The maximum Gasteiger partial charge on any atom is 0.292 e. The standard InChI is InChI=1S/C6H10N2O5S/c9-6(3-8(10)11)7-5-1-2-14(12,13)4-5/h5H,1-4H2,(H,7,9). The Kier molecular flexibility index (Phi) is 3.04.